The molecule has 2 aromatic rings. The monoisotopic (exact) mass is 353 g/mol. The van der Waals surface area contributed by atoms with Crippen molar-refractivity contribution in [2.24, 2.45) is 12.0 Å². The highest BCUT2D eigenvalue weighted by atomic mass is 15.3. The average Bonchev–Trinajstić information content (AvgIpc) is 3.18. The molecule has 1 unspecified atom stereocenters. The van der Waals surface area contributed by atoms with Gasteiger partial charge in [-0.3, -0.25) is 9.67 Å². The van der Waals surface area contributed by atoms with E-state index in [0.29, 0.717) is 0 Å². The Morgan fingerprint density at radius 2 is 2.04 bits per heavy atom. The topological polar surface area (TPSA) is 54.2 Å². The number of aryl methyl sites for hydroxylation is 4. The van der Waals surface area contributed by atoms with Crippen molar-refractivity contribution < 1.29 is 0 Å². The van der Waals surface area contributed by atoms with Crippen LogP contribution in [-0.2, 0) is 32.9 Å². The van der Waals surface area contributed by atoms with E-state index in [9.17, 15) is 0 Å². The number of rotatable bonds is 5. The molecule has 0 saturated carbocycles. The number of hydrogen-bond donors (Lipinski definition) is 2. The summed E-state index contributed by atoms with van der Waals surface area (Å²) in [7, 11) is 3.83. The largest absolute Gasteiger partial charge is 0.354 e. The molecule has 0 amide bonds. The molecule has 1 aliphatic carbocycles. The van der Waals surface area contributed by atoms with Gasteiger partial charge in [-0.1, -0.05) is 18.2 Å². The normalized spacial score (nSPS) is 15.0. The van der Waals surface area contributed by atoms with E-state index in [1.165, 1.54) is 47.2 Å². The first-order chi connectivity index (χ1) is 12.5. The lowest BCUT2D eigenvalue weighted by Gasteiger charge is -2.18. The van der Waals surface area contributed by atoms with Crippen molar-refractivity contribution in [2.75, 3.05) is 7.05 Å². The molecule has 1 aromatic heterocycles. The summed E-state index contributed by atoms with van der Waals surface area (Å²) in [4.78, 5) is 4.38. The Morgan fingerprint density at radius 1 is 1.27 bits per heavy atom. The third-order valence-electron chi connectivity index (χ3n) is 5.40. The molecular formula is C21H31N5. The zero-order valence-electron chi connectivity index (χ0n) is 16.7. The summed E-state index contributed by atoms with van der Waals surface area (Å²) in [5.41, 5.74) is 8.02. The van der Waals surface area contributed by atoms with Crippen molar-refractivity contribution in [1.29, 1.82) is 0 Å². The van der Waals surface area contributed by atoms with Gasteiger partial charge in [-0.2, -0.15) is 5.10 Å². The van der Waals surface area contributed by atoms with Crippen LogP contribution in [0.3, 0.4) is 0 Å². The second kappa shape index (κ2) is 7.94. The van der Waals surface area contributed by atoms with Gasteiger partial charge in [0.25, 0.3) is 0 Å². The number of nitrogens with zero attached hydrogens (tertiary/aromatic N) is 3. The maximum atomic E-state index is 4.51. The van der Waals surface area contributed by atoms with Gasteiger partial charge in [0.05, 0.1) is 5.69 Å². The third kappa shape index (κ3) is 4.09. The van der Waals surface area contributed by atoms with Crippen LogP contribution in [0, 0.1) is 13.8 Å². The van der Waals surface area contributed by atoms with Gasteiger partial charge in [0.15, 0.2) is 5.96 Å². The predicted molar refractivity (Wildman–Crippen MR) is 108 cm³/mol. The molecule has 0 saturated heterocycles. The summed E-state index contributed by atoms with van der Waals surface area (Å²) in [6, 6.07) is 7.14. The Hall–Kier alpha value is -2.30. The predicted octanol–water partition coefficient (Wildman–Crippen LogP) is 2.82. The highest BCUT2D eigenvalue weighted by Gasteiger charge is 2.14. The van der Waals surface area contributed by atoms with Crippen molar-refractivity contribution in [2.45, 2.75) is 59.0 Å². The fourth-order valence-electron chi connectivity index (χ4n) is 3.82. The third-order valence-corrected chi connectivity index (χ3v) is 5.40. The summed E-state index contributed by atoms with van der Waals surface area (Å²) in [5, 5.41) is 11.5. The summed E-state index contributed by atoms with van der Waals surface area (Å²) >= 11 is 0. The first kappa shape index (κ1) is 18.5. The molecule has 5 nitrogen and oxygen atoms in total. The number of guanidine groups is 1. The van der Waals surface area contributed by atoms with Crippen molar-refractivity contribution >= 4 is 5.96 Å². The van der Waals surface area contributed by atoms with Crippen LogP contribution in [0.1, 0.15) is 47.0 Å². The standard InChI is InChI=1S/C21H31N5/c1-14(11-20-15(2)25-26(5)16(20)3)24-21(22-4)23-13-17-9-10-18-7-6-8-19(18)12-17/h9-10,12,14H,6-8,11,13H2,1-5H3,(H2,22,23,24). The Bertz CT molecular complexity index is 803. The van der Waals surface area contributed by atoms with Gasteiger partial charge < -0.3 is 10.6 Å². The lowest BCUT2D eigenvalue weighted by atomic mass is 10.1. The van der Waals surface area contributed by atoms with E-state index in [1.54, 1.807) is 0 Å². The fourth-order valence-corrected chi connectivity index (χ4v) is 3.82. The first-order valence-electron chi connectivity index (χ1n) is 9.55. The van der Waals surface area contributed by atoms with E-state index in [0.717, 1.165) is 24.6 Å². The highest BCUT2D eigenvalue weighted by molar-refractivity contribution is 5.79. The second-order valence-electron chi connectivity index (χ2n) is 7.40. The number of hydrogen-bond acceptors (Lipinski definition) is 2. The van der Waals surface area contributed by atoms with Crippen LogP contribution in [0.2, 0.25) is 0 Å². The molecule has 0 fully saturated rings. The average molecular weight is 354 g/mol. The molecule has 140 valence electrons. The molecule has 1 aromatic carbocycles. The fraction of sp³-hybridized carbons (Fsp3) is 0.524. The maximum absolute atomic E-state index is 4.51. The van der Waals surface area contributed by atoms with Gasteiger partial charge in [-0.05, 0) is 68.7 Å². The molecule has 0 bridgehead atoms. The molecule has 1 aliphatic rings. The molecule has 0 aliphatic heterocycles. The van der Waals surface area contributed by atoms with E-state index < -0.39 is 0 Å². The van der Waals surface area contributed by atoms with Gasteiger partial charge in [0, 0.05) is 32.4 Å². The van der Waals surface area contributed by atoms with E-state index in [-0.39, 0.29) is 6.04 Å². The van der Waals surface area contributed by atoms with Crippen LogP contribution >= 0.6 is 0 Å². The zero-order valence-corrected chi connectivity index (χ0v) is 16.7. The van der Waals surface area contributed by atoms with Gasteiger partial charge >= 0.3 is 0 Å². The van der Waals surface area contributed by atoms with Crippen molar-refractivity contribution in [3.63, 3.8) is 0 Å². The molecule has 0 spiro atoms. The Labute approximate surface area is 156 Å². The van der Waals surface area contributed by atoms with Crippen molar-refractivity contribution in [3.8, 4) is 0 Å². The van der Waals surface area contributed by atoms with Crippen molar-refractivity contribution in [3.05, 3.63) is 51.8 Å². The smallest absolute Gasteiger partial charge is 0.191 e. The van der Waals surface area contributed by atoms with Gasteiger partial charge in [-0.25, -0.2) is 0 Å². The Balaban J connectivity index is 1.56. The molecule has 2 N–H and O–H groups in total. The van der Waals surface area contributed by atoms with Crippen LogP contribution in [-0.4, -0.2) is 28.8 Å². The van der Waals surface area contributed by atoms with Crippen LogP contribution in [0.4, 0.5) is 0 Å². The lowest BCUT2D eigenvalue weighted by molar-refractivity contribution is 0.635. The van der Waals surface area contributed by atoms with Crippen LogP contribution < -0.4 is 10.6 Å². The second-order valence-corrected chi connectivity index (χ2v) is 7.40. The van der Waals surface area contributed by atoms with Crippen molar-refractivity contribution in [1.82, 2.24) is 20.4 Å². The molecule has 1 heterocycles. The molecule has 5 heteroatoms. The number of nitrogens with one attached hydrogen (secondary N) is 2. The summed E-state index contributed by atoms with van der Waals surface area (Å²) in [6.07, 6.45) is 4.68. The minimum Gasteiger partial charge on any atom is -0.354 e. The first-order valence-corrected chi connectivity index (χ1v) is 9.55. The summed E-state index contributed by atoms with van der Waals surface area (Å²) in [6.45, 7) is 7.19. The molecule has 3 rings (SSSR count). The van der Waals surface area contributed by atoms with E-state index in [2.05, 4.69) is 59.7 Å². The van der Waals surface area contributed by atoms with E-state index in [1.807, 2.05) is 18.8 Å². The van der Waals surface area contributed by atoms with E-state index >= 15 is 0 Å². The Kier molecular flexibility index (Phi) is 5.64. The minimum absolute atomic E-state index is 0.280. The molecular weight excluding hydrogens is 322 g/mol. The SMILES string of the molecule is CN=C(NCc1ccc2c(c1)CCC2)NC(C)Cc1c(C)nn(C)c1C. The van der Waals surface area contributed by atoms with Gasteiger partial charge in [0.1, 0.15) is 0 Å². The number of fused-ring (bicyclic) bond motifs is 1. The summed E-state index contributed by atoms with van der Waals surface area (Å²) < 4.78 is 1.96. The van der Waals surface area contributed by atoms with Crippen LogP contribution in [0.15, 0.2) is 23.2 Å². The number of aromatic nitrogens is 2. The van der Waals surface area contributed by atoms with Gasteiger partial charge in [-0.15, -0.1) is 0 Å². The molecule has 0 radical (unpaired) electrons. The molecule has 26 heavy (non-hydrogen) atoms. The van der Waals surface area contributed by atoms with Gasteiger partial charge in [0.2, 0.25) is 0 Å². The van der Waals surface area contributed by atoms with Crippen LogP contribution in [0.25, 0.3) is 0 Å². The van der Waals surface area contributed by atoms with Crippen LogP contribution in [0.5, 0.6) is 0 Å². The Morgan fingerprint density at radius 3 is 2.73 bits per heavy atom. The highest BCUT2D eigenvalue weighted by Crippen LogP contribution is 2.22. The number of benzene rings is 1. The maximum Gasteiger partial charge on any atom is 0.191 e. The lowest BCUT2D eigenvalue weighted by Crippen LogP contribution is -2.42. The zero-order chi connectivity index (χ0) is 18.7. The molecule has 1 atom stereocenters. The number of aliphatic imine (C=N–C) groups is 1. The quantitative estimate of drug-likeness (QED) is 0.642. The van der Waals surface area contributed by atoms with E-state index in [4.69, 9.17) is 0 Å². The minimum atomic E-state index is 0.280. The summed E-state index contributed by atoms with van der Waals surface area (Å²) in [5.74, 6) is 0.845.